The molecule has 0 aliphatic heterocycles. The second kappa shape index (κ2) is 5.17. The fourth-order valence-corrected chi connectivity index (χ4v) is 5.66. The van der Waals surface area contributed by atoms with Crippen LogP contribution < -0.4 is 0 Å². The van der Waals surface area contributed by atoms with E-state index >= 15 is 0 Å². The Balaban J connectivity index is 1.52. The lowest BCUT2D eigenvalue weighted by molar-refractivity contribution is 0.0910. The number of carbonyl (C=O) groups is 1. The number of fused-ring (bicyclic) bond motifs is 8. The quantitative estimate of drug-likeness (QED) is 0.508. The van der Waals surface area contributed by atoms with Crippen LogP contribution in [0.4, 0.5) is 0 Å². The van der Waals surface area contributed by atoms with Gasteiger partial charge in [0.2, 0.25) is 0 Å². The minimum atomic E-state index is 0.156. The van der Waals surface area contributed by atoms with E-state index in [2.05, 4.69) is 54.6 Å². The van der Waals surface area contributed by atoms with Crippen LogP contribution in [-0.2, 0) is 6.42 Å². The Labute approximate surface area is 153 Å². The van der Waals surface area contributed by atoms with E-state index in [1.165, 1.54) is 33.0 Å². The molecule has 0 saturated heterocycles. The number of Topliss-reactive ketones (excluding diaryl/α,β-unsaturated/α-hetero) is 1. The summed E-state index contributed by atoms with van der Waals surface area (Å²) in [7, 11) is 0. The van der Waals surface area contributed by atoms with Crippen LogP contribution in [-0.4, -0.2) is 5.78 Å². The van der Waals surface area contributed by atoms with Crippen molar-refractivity contribution < 1.29 is 4.79 Å². The molecule has 3 aromatic rings. The first-order valence-corrected chi connectivity index (χ1v) is 9.66. The summed E-state index contributed by atoms with van der Waals surface area (Å²) in [6, 6.07) is 21.7. The molecule has 3 aliphatic rings. The summed E-state index contributed by atoms with van der Waals surface area (Å²) in [4.78, 5) is 12.9. The van der Waals surface area contributed by atoms with Crippen LogP contribution in [0.3, 0.4) is 0 Å². The van der Waals surface area contributed by atoms with Gasteiger partial charge in [-0.15, -0.1) is 0 Å². The van der Waals surface area contributed by atoms with Crippen LogP contribution >= 0.6 is 0 Å². The third kappa shape index (κ3) is 1.83. The fraction of sp³-hybridized carbons (Fsp3) is 0.240. The predicted molar refractivity (Wildman–Crippen MR) is 105 cm³/mol. The Hall–Kier alpha value is -2.67. The van der Waals surface area contributed by atoms with Crippen molar-refractivity contribution in [2.75, 3.05) is 0 Å². The molecule has 3 aromatic carbocycles. The van der Waals surface area contributed by atoms with Crippen molar-refractivity contribution in [3.63, 3.8) is 0 Å². The molecule has 0 saturated carbocycles. The zero-order valence-electron chi connectivity index (χ0n) is 14.6. The molecule has 3 unspecified atom stereocenters. The SMILES string of the molecule is O=C1c2ccccc2C2C1CC=C1c3cc4ccccc4cc3CCC12. The lowest BCUT2D eigenvalue weighted by atomic mass is 9.65. The second-order valence-corrected chi connectivity index (χ2v) is 7.98. The minimum Gasteiger partial charge on any atom is -0.294 e. The summed E-state index contributed by atoms with van der Waals surface area (Å²) < 4.78 is 0. The highest BCUT2D eigenvalue weighted by atomic mass is 16.1. The number of hydrogen-bond acceptors (Lipinski definition) is 1. The Bertz CT molecular complexity index is 1100. The maximum atomic E-state index is 12.9. The van der Waals surface area contributed by atoms with Gasteiger partial charge < -0.3 is 0 Å². The topological polar surface area (TPSA) is 17.1 Å². The van der Waals surface area contributed by atoms with Gasteiger partial charge in [0.25, 0.3) is 0 Å². The highest BCUT2D eigenvalue weighted by Gasteiger charge is 2.47. The van der Waals surface area contributed by atoms with Crippen LogP contribution in [0.2, 0.25) is 0 Å². The Kier molecular flexibility index (Phi) is 2.88. The van der Waals surface area contributed by atoms with Gasteiger partial charge in [0.15, 0.2) is 5.78 Å². The van der Waals surface area contributed by atoms with Crippen molar-refractivity contribution in [2.24, 2.45) is 11.8 Å². The van der Waals surface area contributed by atoms with Crippen molar-refractivity contribution in [3.05, 3.63) is 89.0 Å². The molecule has 0 spiro atoms. The highest BCUT2D eigenvalue weighted by Crippen LogP contribution is 2.55. The molecular formula is C25H20O. The van der Waals surface area contributed by atoms with Crippen LogP contribution in [0.5, 0.6) is 0 Å². The summed E-state index contributed by atoms with van der Waals surface area (Å²) in [5.41, 5.74) is 6.66. The first-order chi connectivity index (χ1) is 12.8. The van der Waals surface area contributed by atoms with E-state index in [0.29, 0.717) is 17.6 Å². The predicted octanol–water partition coefficient (Wildman–Crippen LogP) is 5.79. The number of ketones is 1. The number of rotatable bonds is 0. The summed E-state index contributed by atoms with van der Waals surface area (Å²) >= 11 is 0. The molecule has 0 heterocycles. The molecule has 0 fully saturated rings. The van der Waals surface area contributed by atoms with Gasteiger partial charge in [-0.05, 0) is 64.3 Å². The van der Waals surface area contributed by atoms with Crippen LogP contribution in [0.25, 0.3) is 16.3 Å². The van der Waals surface area contributed by atoms with Crippen molar-refractivity contribution >= 4 is 22.1 Å². The maximum Gasteiger partial charge on any atom is 0.167 e. The number of aryl methyl sites for hydroxylation is 1. The molecule has 0 N–H and O–H groups in total. The number of benzene rings is 3. The Morgan fingerprint density at radius 2 is 1.58 bits per heavy atom. The molecule has 3 atom stereocenters. The van der Waals surface area contributed by atoms with Gasteiger partial charge in [0.1, 0.15) is 0 Å². The van der Waals surface area contributed by atoms with E-state index in [-0.39, 0.29) is 5.92 Å². The second-order valence-electron chi connectivity index (χ2n) is 7.98. The fourth-order valence-electron chi connectivity index (χ4n) is 5.66. The highest BCUT2D eigenvalue weighted by molar-refractivity contribution is 6.04. The lowest BCUT2D eigenvalue weighted by Crippen LogP contribution is -2.28. The molecule has 126 valence electrons. The zero-order chi connectivity index (χ0) is 17.3. The van der Waals surface area contributed by atoms with E-state index in [1.807, 2.05) is 12.1 Å². The van der Waals surface area contributed by atoms with Gasteiger partial charge in [0.05, 0.1) is 0 Å². The summed E-state index contributed by atoms with van der Waals surface area (Å²) in [5, 5.41) is 2.65. The normalized spacial score (nSPS) is 25.9. The van der Waals surface area contributed by atoms with E-state index in [9.17, 15) is 4.79 Å². The molecule has 0 radical (unpaired) electrons. The minimum absolute atomic E-state index is 0.156. The van der Waals surface area contributed by atoms with E-state index < -0.39 is 0 Å². The van der Waals surface area contributed by atoms with Crippen molar-refractivity contribution in [1.82, 2.24) is 0 Å². The monoisotopic (exact) mass is 336 g/mol. The third-order valence-electron chi connectivity index (χ3n) is 6.79. The first kappa shape index (κ1) is 14.5. The Morgan fingerprint density at radius 1 is 0.808 bits per heavy atom. The smallest absolute Gasteiger partial charge is 0.167 e. The van der Waals surface area contributed by atoms with Crippen molar-refractivity contribution in [3.8, 4) is 0 Å². The van der Waals surface area contributed by atoms with Gasteiger partial charge in [-0.3, -0.25) is 4.79 Å². The summed E-state index contributed by atoms with van der Waals surface area (Å²) in [5.74, 6) is 1.38. The molecule has 0 amide bonds. The van der Waals surface area contributed by atoms with Crippen LogP contribution in [0.15, 0.2) is 66.7 Å². The molecule has 0 aromatic heterocycles. The van der Waals surface area contributed by atoms with E-state index in [1.54, 1.807) is 0 Å². The molecule has 0 bridgehead atoms. The van der Waals surface area contributed by atoms with Crippen LogP contribution in [0, 0.1) is 11.8 Å². The average Bonchev–Trinajstić information content (AvgIpc) is 2.99. The first-order valence-electron chi connectivity index (χ1n) is 9.66. The largest absolute Gasteiger partial charge is 0.294 e. The number of allylic oxidation sites excluding steroid dienone is 2. The van der Waals surface area contributed by atoms with E-state index in [0.717, 1.165) is 24.8 Å². The maximum absolute atomic E-state index is 12.9. The molecule has 1 nitrogen and oxygen atoms in total. The zero-order valence-corrected chi connectivity index (χ0v) is 14.6. The summed E-state index contributed by atoms with van der Waals surface area (Å²) in [6.45, 7) is 0. The third-order valence-corrected chi connectivity index (χ3v) is 6.79. The lowest BCUT2D eigenvalue weighted by Gasteiger charge is -2.38. The van der Waals surface area contributed by atoms with Gasteiger partial charge in [0, 0.05) is 17.4 Å². The number of carbonyl (C=O) groups excluding carboxylic acids is 1. The van der Waals surface area contributed by atoms with Crippen molar-refractivity contribution in [2.45, 2.75) is 25.2 Å². The summed E-state index contributed by atoms with van der Waals surface area (Å²) in [6.07, 6.45) is 5.53. The standard InChI is InChI=1S/C25H20O/c26-25-21-8-4-3-7-19(21)24-20-10-9-17-13-15-5-1-2-6-16(15)14-23(17)18(20)11-12-22(24)25/h1-8,11,13-14,20,22,24H,9-10,12H2. The molecular weight excluding hydrogens is 316 g/mol. The molecule has 26 heavy (non-hydrogen) atoms. The van der Waals surface area contributed by atoms with Gasteiger partial charge in [-0.2, -0.15) is 0 Å². The van der Waals surface area contributed by atoms with E-state index in [4.69, 9.17) is 0 Å². The molecule has 3 aliphatic carbocycles. The van der Waals surface area contributed by atoms with Crippen molar-refractivity contribution in [1.29, 1.82) is 0 Å². The molecule has 6 rings (SSSR count). The molecule has 1 heteroatoms. The van der Waals surface area contributed by atoms with Crippen LogP contribution in [0.1, 0.15) is 45.8 Å². The van der Waals surface area contributed by atoms with Gasteiger partial charge in [-0.25, -0.2) is 0 Å². The number of hydrogen-bond donors (Lipinski definition) is 0. The average molecular weight is 336 g/mol. The van der Waals surface area contributed by atoms with Gasteiger partial charge >= 0.3 is 0 Å². The van der Waals surface area contributed by atoms with Gasteiger partial charge in [-0.1, -0.05) is 60.7 Å². The Morgan fingerprint density at radius 3 is 2.46 bits per heavy atom.